The van der Waals surface area contributed by atoms with E-state index in [0.29, 0.717) is 10.0 Å². The summed E-state index contributed by atoms with van der Waals surface area (Å²) in [6.45, 7) is 5.02. The fourth-order valence-electron chi connectivity index (χ4n) is 1.72. The Morgan fingerprint density at radius 1 is 0.889 bits per heavy atom. The summed E-state index contributed by atoms with van der Waals surface area (Å²) in [6, 6.07) is 12.0. The minimum Gasteiger partial charge on any atom is -0.381 e. The van der Waals surface area contributed by atoms with Gasteiger partial charge in [0.05, 0.1) is 10.0 Å². The molecule has 0 heterocycles. The van der Waals surface area contributed by atoms with Crippen LogP contribution in [0.5, 0.6) is 0 Å². The SMILES string of the molecule is Cc1ccc(CNc2ccc(Cl)c(Cl)c2)cc1C. The van der Waals surface area contributed by atoms with Crippen molar-refractivity contribution in [3.8, 4) is 0 Å². The average Bonchev–Trinajstić information content (AvgIpc) is 2.35. The second-order valence-electron chi connectivity index (χ2n) is 4.40. The van der Waals surface area contributed by atoms with Crippen molar-refractivity contribution in [2.24, 2.45) is 0 Å². The first kappa shape index (κ1) is 13.3. The zero-order chi connectivity index (χ0) is 13.1. The standard InChI is InChI=1S/C15H15Cl2N/c1-10-3-4-12(7-11(10)2)9-18-13-5-6-14(16)15(17)8-13/h3-8,18H,9H2,1-2H3. The highest BCUT2D eigenvalue weighted by molar-refractivity contribution is 6.42. The van der Waals surface area contributed by atoms with Crippen molar-refractivity contribution in [3.63, 3.8) is 0 Å². The maximum absolute atomic E-state index is 5.97. The highest BCUT2D eigenvalue weighted by Crippen LogP contribution is 2.25. The fraction of sp³-hybridized carbons (Fsp3) is 0.200. The van der Waals surface area contributed by atoms with Crippen molar-refractivity contribution < 1.29 is 0 Å². The molecule has 1 nitrogen and oxygen atoms in total. The molecular formula is C15H15Cl2N. The summed E-state index contributed by atoms with van der Waals surface area (Å²) in [5, 5.41) is 4.48. The molecule has 0 spiro atoms. The molecule has 0 aromatic heterocycles. The minimum atomic E-state index is 0.571. The van der Waals surface area contributed by atoms with Crippen LogP contribution in [0.25, 0.3) is 0 Å². The minimum absolute atomic E-state index is 0.571. The first-order valence-corrected chi connectivity index (χ1v) is 6.57. The third-order valence-corrected chi connectivity index (χ3v) is 3.73. The number of halogens is 2. The molecule has 2 aromatic carbocycles. The highest BCUT2D eigenvalue weighted by Gasteiger charge is 2.00. The van der Waals surface area contributed by atoms with E-state index in [-0.39, 0.29) is 0 Å². The van der Waals surface area contributed by atoms with Crippen LogP contribution in [0.3, 0.4) is 0 Å². The molecule has 0 amide bonds. The van der Waals surface area contributed by atoms with Crippen LogP contribution in [0.4, 0.5) is 5.69 Å². The van der Waals surface area contributed by atoms with Gasteiger partial charge < -0.3 is 5.32 Å². The summed E-state index contributed by atoms with van der Waals surface area (Å²) in [6.07, 6.45) is 0. The zero-order valence-corrected chi connectivity index (χ0v) is 11.9. The molecule has 0 saturated carbocycles. The predicted molar refractivity (Wildman–Crippen MR) is 79.7 cm³/mol. The van der Waals surface area contributed by atoms with E-state index in [9.17, 15) is 0 Å². The summed E-state index contributed by atoms with van der Waals surface area (Å²) in [7, 11) is 0. The van der Waals surface area contributed by atoms with Crippen LogP contribution in [0.1, 0.15) is 16.7 Å². The van der Waals surface area contributed by atoms with Crippen molar-refractivity contribution in [2.45, 2.75) is 20.4 Å². The number of anilines is 1. The van der Waals surface area contributed by atoms with Gasteiger partial charge in [0.25, 0.3) is 0 Å². The van der Waals surface area contributed by atoms with Gasteiger partial charge in [0.2, 0.25) is 0 Å². The Hall–Kier alpha value is -1.18. The Morgan fingerprint density at radius 3 is 2.33 bits per heavy atom. The van der Waals surface area contributed by atoms with Gasteiger partial charge in [-0.25, -0.2) is 0 Å². The number of aryl methyl sites for hydroxylation is 2. The molecule has 0 aliphatic heterocycles. The number of hydrogen-bond acceptors (Lipinski definition) is 1. The van der Waals surface area contributed by atoms with E-state index in [1.54, 1.807) is 6.07 Å². The second kappa shape index (κ2) is 5.64. The third kappa shape index (κ3) is 3.18. The van der Waals surface area contributed by atoms with E-state index < -0.39 is 0 Å². The Labute approximate surface area is 118 Å². The lowest BCUT2D eigenvalue weighted by Gasteiger charge is -2.09. The van der Waals surface area contributed by atoms with Crippen LogP contribution in [0.15, 0.2) is 36.4 Å². The lowest BCUT2D eigenvalue weighted by molar-refractivity contribution is 1.13. The van der Waals surface area contributed by atoms with Gasteiger partial charge in [0.15, 0.2) is 0 Å². The molecule has 1 N–H and O–H groups in total. The lowest BCUT2D eigenvalue weighted by atomic mass is 10.1. The van der Waals surface area contributed by atoms with Crippen LogP contribution in [0.2, 0.25) is 10.0 Å². The molecule has 2 rings (SSSR count). The van der Waals surface area contributed by atoms with Gasteiger partial charge in [0.1, 0.15) is 0 Å². The van der Waals surface area contributed by atoms with Gasteiger partial charge in [-0.3, -0.25) is 0 Å². The predicted octanol–water partition coefficient (Wildman–Crippen LogP) is 5.22. The van der Waals surface area contributed by atoms with Gasteiger partial charge >= 0.3 is 0 Å². The summed E-state index contributed by atoms with van der Waals surface area (Å²) in [5.74, 6) is 0. The van der Waals surface area contributed by atoms with E-state index in [2.05, 4.69) is 37.4 Å². The molecule has 94 valence electrons. The molecule has 0 radical (unpaired) electrons. The van der Waals surface area contributed by atoms with Gasteiger partial charge in [-0.2, -0.15) is 0 Å². The number of benzene rings is 2. The van der Waals surface area contributed by atoms with Gasteiger partial charge in [-0.15, -0.1) is 0 Å². The lowest BCUT2D eigenvalue weighted by Crippen LogP contribution is -2.00. The molecule has 0 saturated heterocycles. The smallest absolute Gasteiger partial charge is 0.0612 e. The number of nitrogens with one attached hydrogen (secondary N) is 1. The van der Waals surface area contributed by atoms with Crippen molar-refractivity contribution in [1.29, 1.82) is 0 Å². The van der Waals surface area contributed by atoms with Crippen molar-refractivity contribution >= 4 is 28.9 Å². The fourth-order valence-corrected chi connectivity index (χ4v) is 2.02. The summed E-state index contributed by atoms with van der Waals surface area (Å²) in [4.78, 5) is 0. The molecule has 18 heavy (non-hydrogen) atoms. The normalized spacial score (nSPS) is 10.4. The summed E-state index contributed by atoms with van der Waals surface area (Å²) >= 11 is 11.8. The molecule has 0 atom stereocenters. The quantitative estimate of drug-likeness (QED) is 0.812. The Kier molecular flexibility index (Phi) is 4.15. The van der Waals surface area contributed by atoms with Gasteiger partial charge in [0, 0.05) is 12.2 Å². The molecule has 0 fully saturated rings. The number of hydrogen-bond donors (Lipinski definition) is 1. The third-order valence-electron chi connectivity index (χ3n) is 2.99. The Bertz CT molecular complexity index is 513. The van der Waals surface area contributed by atoms with E-state index >= 15 is 0 Å². The molecular weight excluding hydrogens is 265 g/mol. The zero-order valence-electron chi connectivity index (χ0n) is 10.4. The average molecular weight is 280 g/mol. The van der Waals surface area contributed by atoms with Crippen LogP contribution in [-0.4, -0.2) is 0 Å². The van der Waals surface area contributed by atoms with E-state index in [0.717, 1.165) is 12.2 Å². The van der Waals surface area contributed by atoms with Crippen molar-refractivity contribution in [2.75, 3.05) is 5.32 Å². The Morgan fingerprint density at radius 2 is 1.67 bits per heavy atom. The molecule has 2 aromatic rings. The molecule has 3 heteroatoms. The topological polar surface area (TPSA) is 12.0 Å². The van der Waals surface area contributed by atoms with E-state index in [1.165, 1.54) is 16.7 Å². The molecule has 0 unspecified atom stereocenters. The van der Waals surface area contributed by atoms with Crippen molar-refractivity contribution in [3.05, 3.63) is 63.1 Å². The number of rotatable bonds is 3. The largest absolute Gasteiger partial charge is 0.381 e. The van der Waals surface area contributed by atoms with E-state index in [1.807, 2.05) is 12.1 Å². The van der Waals surface area contributed by atoms with Crippen LogP contribution in [-0.2, 0) is 6.54 Å². The van der Waals surface area contributed by atoms with Crippen LogP contribution >= 0.6 is 23.2 Å². The maximum atomic E-state index is 5.97. The molecule has 0 bridgehead atoms. The van der Waals surface area contributed by atoms with Crippen LogP contribution < -0.4 is 5.32 Å². The maximum Gasteiger partial charge on any atom is 0.0612 e. The monoisotopic (exact) mass is 279 g/mol. The molecule has 0 aliphatic carbocycles. The summed E-state index contributed by atoms with van der Waals surface area (Å²) in [5.41, 5.74) is 4.85. The second-order valence-corrected chi connectivity index (χ2v) is 5.22. The first-order chi connectivity index (χ1) is 8.56. The summed E-state index contributed by atoms with van der Waals surface area (Å²) < 4.78 is 0. The molecule has 0 aliphatic rings. The Balaban J connectivity index is 2.06. The van der Waals surface area contributed by atoms with Crippen LogP contribution in [0, 0.1) is 13.8 Å². The first-order valence-electron chi connectivity index (χ1n) is 5.81. The van der Waals surface area contributed by atoms with Crippen molar-refractivity contribution in [1.82, 2.24) is 0 Å². The van der Waals surface area contributed by atoms with Gasteiger partial charge in [-0.05, 0) is 48.7 Å². The highest BCUT2D eigenvalue weighted by atomic mass is 35.5. The van der Waals surface area contributed by atoms with E-state index in [4.69, 9.17) is 23.2 Å². The van der Waals surface area contributed by atoms with Gasteiger partial charge in [-0.1, -0.05) is 41.4 Å².